The summed E-state index contributed by atoms with van der Waals surface area (Å²) < 4.78 is 1.15. The molecule has 0 fully saturated rings. The van der Waals surface area contributed by atoms with E-state index in [0.29, 0.717) is 6.04 Å². The quantitative estimate of drug-likeness (QED) is 0.491. The average Bonchev–Trinajstić information content (AvgIpc) is 2.39. The molecule has 1 aromatic carbocycles. The van der Waals surface area contributed by atoms with Crippen LogP contribution >= 0.6 is 15.9 Å². The summed E-state index contributed by atoms with van der Waals surface area (Å²) in [5.74, 6) is 0. The largest absolute Gasteiger partial charge is 0.382 e. The van der Waals surface area contributed by atoms with E-state index >= 15 is 0 Å². The lowest BCUT2D eigenvalue weighted by Gasteiger charge is -2.20. The highest BCUT2D eigenvalue weighted by Crippen LogP contribution is 2.20. The molecule has 0 bridgehead atoms. The van der Waals surface area contributed by atoms with E-state index in [1.54, 1.807) is 0 Å². The van der Waals surface area contributed by atoms with Gasteiger partial charge in [-0.05, 0) is 31.0 Å². The van der Waals surface area contributed by atoms with Gasteiger partial charge in [-0.2, -0.15) is 0 Å². The Kier molecular flexibility index (Phi) is 8.98. The van der Waals surface area contributed by atoms with Crippen LogP contribution in [0.15, 0.2) is 28.7 Å². The molecule has 0 aromatic heterocycles. The molecule has 19 heavy (non-hydrogen) atoms. The molecule has 0 atom stereocenters. The SMILES string of the molecule is CCCCCC(CCCCC)Nc1cccc(Br)c1. The molecule has 0 aliphatic carbocycles. The Morgan fingerprint density at radius 1 is 1.00 bits per heavy atom. The van der Waals surface area contributed by atoms with Crippen molar-refractivity contribution in [1.29, 1.82) is 0 Å². The molecule has 0 saturated carbocycles. The first kappa shape index (κ1) is 16.6. The molecule has 1 nitrogen and oxygen atoms in total. The van der Waals surface area contributed by atoms with Crippen molar-refractivity contribution >= 4 is 21.6 Å². The van der Waals surface area contributed by atoms with Gasteiger partial charge in [-0.1, -0.05) is 74.4 Å². The summed E-state index contributed by atoms with van der Waals surface area (Å²) in [5, 5.41) is 3.71. The minimum Gasteiger partial charge on any atom is -0.382 e. The van der Waals surface area contributed by atoms with Crippen LogP contribution in [0.2, 0.25) is 0 Å². The van der Waals surface area contributed by atoms with E-state index in [2.05, 4.69) is 59.4 Å². The van der Waals surface area contributed by atoms with E-state index in [0.717, 1.165) is 4.47 Å². The summed E-state index contributed by atoms with van der Waals surface area (Å²) in [5.41, 5.74) is 1.24. The van der Waals surface area contributed by atoms with Crippen LogP contribution in [0.5, 0.6) is 0 Å². The second-order valence-corrected chi connectivity index (χ2v) is 6.26. The smallest absolute Gasteiger partial charge is 0.0353 e. The van der Waals surface area contributed by atoms with Crippen LogP contribution in [0.1, 0.15) is 65.2 Å². The molecule has 0 amide bonds. The van der Waals surface area contributed by atoms with Crippen molar-refractivity contribution in [3.63, 3.8) is 0 Å². The number of anilines is 1. The molecule has 0 radical (unpaired) electrons. The summed E-state index contributed by atoms with van der Waals surface area (Å²) in [6.07, 6.45) is 10.6. The van der Waals surface area contributed by atoms with E-state index in [9.17, 15) is 0 Å². The van der Waals surface area contributed by atoms with Gasteiger partial charge in [-0.25, -0.2) is 0 Å². The summed E-state index contributed by atoms with van der Waals surface area (Å²) in [6.45, 7) is 4.54. The molecule has 0 saturated heterocycles. The van der Waals surface area contributed by atoms with Gasteiger partial charge in [-0.15, -0.1) is 0 Å². The first-order valence-corrected chi connectivity index (χ1v) is 8.57. The molecule has 2 heteroatoms. The Bertz CT molecular complexity index is 328. The molecule has 1 N–H and O–H groups in total. The first-order valence-electron chi connectivity index (χ1n) is 7.78. The van der Waals surface area contributed by atoms with Crippen molar-refractivity contribution in [1.82, 2.24) is 0 Å². The molecule has 0 heterocycles. The van der Waals surface area contributed by atoms with Crippen LogP contribution in [-0.2, 0) is 0 Å². The summed E-state index contributed by atoms with van der Waals surface area (Å²) in [7, 11) is 0. The number of unbranched alkanes of at least 4 members (excludes halogenated alkanes) is 4. The van der Waals surface area contributed by atoms with Crippen LogP contribution in [0.25, 0.3) is 0 Å². The lowest BCUT2D eigenvalue weighted by Crippen LogP contribution is -2.19. The van der Waals surface area contributed by atoms with E-state index in [1.165, 1.54) is 57.1 Å². The molecular formula is C17H28BrN. The van der Waals surface area contributed by atoms with Crippen LogP contribution in [0.4, 0.5) is 5.69 Å². The van der Waals surface area contributed by atoms with E-state index < -0.39 is 0 Å². The van der Waals surface area contributed by atoms with E-state index in [4.69, 9.17) is 0 Å². The maximum atomic E-state index is 3.71. The van der Waals surface area contributed by atoms with Crippen LogP contribution in [-0.4, -0.2) is 6.04 Å². The van der Waals surface area contributed by atoms with Crippen molar-refractivity contribution < 1.29 is 0 Å². The van der Waals surface area contributed by atoms with Crippen molar-refractivity contribution in [3.8, 4) is 0 Å². The number of hydrogen-bond donors (Lipinski definition) is 1. The van der Waals surface area contributed by atoms with Gasteiger partial charge in [0.25, 0.3) is 0 Å². The Labute approximate surface area is 127 Å². The Hall–Kier alpha value is -0.500. The van der Waals surface area contributed by atoms with Gasteiger partial charge < -0.3 is 5.32 Å². The van der Waals surface area contributed by atoms with Gasteiger partial charge in [0, 0.05) is 16.2 Å². The van der Waals surface area contributed by atoms with Gasteiger partial charge in [0.15, 0.2) is 0 Å². The Morgan fingerprint density at radius 3 is 2.16 bits per heavy atom. The minimum absolute atomic E-state index is 0.632. The highest BCUT2D eigenvalue weighted by Gasteiger charge is 2.08. The van der Waals surface area contributed by atoms with Gasteiger partial charge in [-0.3, -0.25) is 0 Å². The molecule has 1 aromatic rings. The second kappa shape index (κ2) is 10.3. The summed E-state index contributed by atoms with van der Waals surface area (Å²) >= 11 is 3.54. The number of halogens is 1. The van der Waals surface area contributed by atoms with Gasteiger partial charge in [0.2, 0.25) is 0 Å². The maximum absolute atomic E-state index is 3.71. The molecule has 0 unspecified atom stereocenters. The first-order chi connectivity index (χ1) is 9.26. The van der Waals surface area contributed by atoms with Crippen molar-refractivity contribution in [2.75, 3.05) is 5.32 Å². The number of hydrogen-bond acceptors (Lipinski definition) is 1. The van der Waals surface area contributed by atoms with Crippen LogP contribution in [0, 0.1) is 0 Å². The van der Waals surface area contributed by atoms with Gasteiger partial charge in [0.05, 0.1) is 0 Å². The fourth-order valence-electron chi connectivity index (χ4n) is 2.38. The highest BCUT2D eigenvalue weighted by molar-refractivity contribution is 9.10. The van der Waals surface area contributed by atoms with Crippen molar-refractivity contribution in [3.05, 3.63) is 28.7 Å². The number of nitrogens with one attached hydrogen (secondary N) is 1. The fraction of sp³-hybridized carbons (Fsp3) is 0.647. The summed E-state index contributed by atoms with van der Waals surface area (Å²) in [4.78, 5) is 0. The minimum atomic E-state index is 0.632. The normalized spacial score (nSPS) is 10.9. The van der Waals surface area contributed by atoms with Crippen molar-refractivity contribution in [2.24, 2.45) is 0 Å². The Morgan fingerprint density at radius 2 is 1.63 bits per heavy atom. The molecule has 0 aliphatic heterocycles. The van der Waals surface area contributed by atoms with E-state index in [-0.39, 0.29) is 0 Å². The molecule has 108 valence electrons. The van der Waals surface area contributed by atoms with Crippen molar-refractivity contribution in [2.45, 2.75) is 71.3 Å². The van der Waals surface area contributed by atoms with Crippen LogP contribution < -0.4 is 5.32 Å². The third-order valence-corrected chi connectivity index (χ3v) is 4.00. The zero-order valence-corrected chi connectivity index (χ0v) is 14.0. The molecule has 0 spiro atoms. The average molecular weight is 326 g/mol. The van der Waals surface area contributed by atoms with E-state index in [1.807, 2.05) is 0 Å². The Balaban J connectivity index is 2.46. The standard InChI is InChI=1S/C17H28BrN/c1-3-5-7-11-16(12-8-6-4-2)19-17-13-9-10-15(18)14-17/h9-10,13-14,16,19H,3-8,11-12H2,1-2H3. The number of benzene rings is 1. The second-order valence-electron chi connectivity index (χ2n) is 5.34. The number of rotatable bonds is 10. The third kappa shape index (κ3) is 7.61. The fourth-order valence-corrected chi connectivity index (χ4v) is 2.78. The van der Waals surface area contributed by atoms with Crippen LogP contribution in [0.3, 0.4) is 0 Å². The predicted octanol–water partition coefficient (Wildman–Crippen LogP) is 6.39. The topological polar surface area (TPSA) is 12.0 Å². The molecular weight excluding hydrogens is 298 g/mol. The van der Waals surface area contributed by atoms with Gasteiger partial charge in [0.1, 0.15) is 0 Å². The lowest BCUT2D eigenvalue weighted by atomic mass is 10.0. The predicted molar refractivity (Wildman–Crippen MR) is 89.8 cm³/mol. The molecule has 1 rings (SSSR count). The monoisotopic (exact) mass is 325 g/mol. The lowest BCUT2D eigenvalue weighted by molar-refractivity contribution is 0.526. The third-order valence-electron chi connectivity index (χ3n) is 3.51. The zero-order chi connectivity index (χ0) is 13.9. The zero-order valence-electron chi connectivity index (χ0n) is 12.4. The molecule has 0 aliphatic rings. The highest BCUT2D eigenvalue weighted by atomic mass is 79.9. The maximum Gasteiger partial charge on any atom is 0.0353 e. The van der Waals surface area contributed by atoms with Gasteiger partial charge >= 0.3 is 0 Å². The summed E-state index contributed by atoms with van der Waals surface area (Å²) in [6, 6.07) is 9.15.